The molecule has 2 N–H and O–H groups in total. The van der Waals surface area contributed by atoms with E-state index in [1.165, 1.54) is 31.4 Å². The monoisotopic (exact) mass is 233 g/mol. The summed E-state index contributed by atoms with van der Waals surface area (Å²) in [6.07, 6.45) is 9.70. The molecule has 0 aromatic carbocycles. The second-order valence-electron chi connectivity index (χ2n) is 6.09. The minimum absolute atomic E-state index is 0.0820. The van der Waals surface area contributed by atoms with Gasteiger partial charge in [-0.15, -0.1) is 0 Å². The van der Waals surface area contributed by atoms with Crippen LogP contribution in [0.2, 0.25) is 0 Å². The summed E-state index contributed by atoms with van der Waals surface area (Å²) < 4.78 is 2.32. The van der Waals surface area contributed by atoms with E-state index in [9.17, 15) is 0 Å². The summed E-state index contributed by atoms with van der Waals surface area (Å²) in [5.41, 5.74) is 7.19. The fourth-order valence-electron chi connectivity index (χ4n) is 4.10. The quantitative estimate of drug-likeness (QED) is 0.872. The Hall–Kier alpha value is -0.830. The van der Waals surface area contributed by atoms with Gasteiger partial charge in [0, 0.05) is 18.3 Å². The van der Waals surface area contributed by atoms with Gasteiger partial charge in [0.1, 0.15) is 0 Å². The van der Waals surface area contributed by atoms with Gasteiger partial charge >= 0.3 is 0 Å². The van der Waals surface area contributed by atoms with E-state index in [0.29, 0.717) is 6.04 Å². The number of aromatic nitrogens is 2. The lowest BCUT2D eigenvalue weighted by Gasteiger charge is -2.30. The van der Waals surface area contributed by atoms with Crippen LogP contribution in [0.3, 0.4) is 0 Å². The highest BCUT2D eigenvalue weighted by Crippen LogP contribution is 2.52. The minimum Gasteiger partial charge on any atom is -0.330 e. The maximum Gasteiger partial charge on any atom is 0.0951 e. The third-order valence-electron chi connectivity index (χ3n) is 5.01. The van der Waals surface area contributed by atoms with Crippen molar-refractivity contribution >= 4 is 0 Å². The van der Waals surface area contributed by atoms with Gasteiger partial charge in [-0.25, -0.2) is 4.98 Å². The van der Waals surface area contributed by atoms with Gasteiger partial charge in [-0.1, -0.05) is 6.42 Å². The van der Waals surface area contributed by atoms with Crippen molar-refractivity contribution in [1.82, 2.24) is 9.55 Å². The summed E-state index contributed by atoms with van der Waals surface area (Å²) in [4.78, 5) is 4.28. The Kier molecular flexibility index (Phi) is 2.74. The molecule has 2 fully saturated rings. The minimum atomic E-state index is 0.0820. The molecule has 3 nitrogen and oxygen atoms in total. The van der Waals surface area contributed by atoms with Gasteiger partial charge < -0.3 is 10.3 Å². The molecule has 2 bridgehead atoms. The van der Waals surface area contributed by atoms with Crippen LogP contribution in [0.15, 0.2) is 12.5 Å². The maximum atomic E-state index is 6.01. The molecule has 94 valence electrons. The second-order valence-corrected chi connectivity index (χ2v) is 6.09. The number of nitrogens with zero attached hydrogens (tertiary/aromatic N) is 2. The van der Waals surface area contributed by atoms with E-state index in [0.717, 1.165) is 17.8 Å². The van der Waals surface area contributed by atoms with E-state index in [4.69, 9.17) is 5.73 Å². The molecule has 0 radical (unpaired) electrons. The molecule has 2 saturated carbocycles. The van der Waals surface area contributed by atoms with Crippen LogP contribution in [-0.4, -0.2) is 9.55 Å². The summed E-state index contributed by atoms with van der Waals surface area (Å²) in [7, 11) is 0. The molecular weight excluding hydrogens is 210 g/mol. The normalized spacial score (nSPS) is 35.1. The van der Waals surface area contributed by atoms with Crippen molar-refractivity contribution in [3.05, 3.63) is 18.2 Å². The Morgan fingerprint density at radius 1 is 1.35 bits per heavy atom. The first-order chi connectivity index (χ1) is 8.16. The van der Waals surface area contributed by atoms with Crippen molar-refractivity contribution < 1.29 is 0 Å². The SMILES string of the molecule is CC(N)c1cncn1C(C)C1CC2CCC1C2. The van der Waals surface area contributed by atoms with Crippen molar-refractivity contribution in [2.45, 2.75) is 51.6 Å². The van der Waals surface area contributed by atoms with Gasteiger partial charge in [0.2, 0.25) is 0 Å². The van der Waals surface area contributed by atoms with Crippen LogP contribution in [0.5, 0.6) is 0 Å². The number of fused-ring (bicyclic) bond motifs is 2. The predicted molar refractivity (Wildman–Crippen MR) is 68.5 cm³/mol. The third-order valence-corrected chi connectivity index (χ3v) is 5.01. The average Bonchev–Trinajstić information content (AvgIpc) is 3.02. The number of nitrogens with two attached hydrogens (primary N) is 1. The number of rotatable bonds is 3. The molecule has 1 aromatic rings. The van der Waals surface area contributed by atoms with E-state index in [-0.39, 0.29) is 6.04 Å². The summed E-state index contributed by atoms with van der Waals surface area (Å²) in [5.74, 6) is 2.81. The van der Waals surface area contributed by atoms with Crippen molar-refractivity contribution in [3.8, 4) is 0 Å². The summed E-state index contributed by atoms with van der Waals surface area (Å²) in [6.45, 7) is 4.39. The Bertz CT molecular complexity index is 396. The number of imidazole rings is 1. The molecular formula is C14H23N3. The van der Waals surface area contributed by atoms with Crippen LogP contribution in [-0.2, 0) is 0 Å². The lowest BCUT2D eigenvalue weighted by atomic mass is 9.84. The lowest BCUT2D eigenvalue weighted by Crippen LogP contribution is -2.24. The summed E-state index contributed by atoms with van der Waals surface area (Å²) in [5, 5.41) is 0. The van der Waals surface area contributed by atoms with Crippen LogP contribution in [0.4, 0.5) is 0 Å². The zero-order valence-electron chi connectivity index (χ0n) is 10.8. The predicted octanol–water partition coefficient (Wildman–Crippen LogP) is 2.90. The molecule has 5 unspecified atom stereocenters. The van der Waals surface area contributed by atoms with Gasteiger partial charge in [-0.05, 0) is 50.9 Å². The van der Waals surface area contributed by atoms with Crippen molar-refractivity contribution in [3.63, 3.8) is 0 Å². The number of hydrogen-bond acceptors (Lipinski definition) is 2. The van der Waals surface area contributed by atoms with Gasteiger partial charge in [0.15, 0.2) is 0 Å². The highest BCUT2D eigenvalue weighted by Gasteiger charge is 2.42. The molecule has 3 heteroatoms. The average molecular weight is 233 g/mol. The molecule has 17 heavy (non-hydrogen) atoms. The van der Waals surface area contributed by atoms with Gasteiger partial charge in [-0.2, -0.15) is 0 Å². The van der Waals surface area contributed by atoms with Crippen LogP contribution in [0, 0.1) is 17.8 Å². The van der Waals surface area contributed by atoms with Crippen LogP contribution >= 0.6 is 0 Å². The standard InChI is InChI=1S/C14H23N3/c1-9(15)14-7-16-8-17(14)10(2)13-6-11-3-4-12(13)5-11/h7-13H,3-6,15H2,1-2H3. The molecule has 0 saturated heterocycles. The maximum absolute atomic E-state index is 6.01. The van der Waals surface area contributed by atoms with Crippen LogP contribution in [0.25, 0.3) is 0 Å². The smallest absolute Gasteiger partial charge is 0.0951 e. The fourth-order valence-corrected chi connectivity index (χ4v) is 4.10. The zero-order valence-corrected chi connectivity index (χ0v) is 10.8. The van der Waals surface area contributed by atoms with Crippen LogP contribution in [0.1, 0.15) is 57.3 Å². The molecule has 0 spiro atoms. The fraction of sp³-hybridized carbons (Fsp3) is 0.786. The van der Waals surface area contributed by atoms with Crippen molar-refractivity contribution in [1.29, 1.82) is 0 Å². The van der Waals surface area contributed by atoms with Crippen LogP contribution < -0.4 is 5.73 Å². The molecule has 0 aliphatic heterocycles. The van der Waals surface area contributed by atoms with Gasteiger partial charge in [-0.3, -0.25) is 0 Å². The van der Waals surface area contributed by atoms with Gasteiger partial charge in [0.05, 0.1) is 12.0 Å². The molecule has 1 aromatic heterocycles. The Morgan fingerprint density at radius 3 is 2.76 bits per heavy atom. The Morgan fingerprint density at radius 2 is 2.18 bits per heavy atom. The van der Waals surface area contributed by atoms with E-state index < -0.39 is 0 Å². The largest absolute Gasteiger partial charge is 0.330 e. The van der Waals surface area contributed by atoms with Gasteiger partial charge in [0.25, 0.3) is 0 Å². The first kappa shape index (κ1) is 11.3. The first-order valence-corrected chi connectivity index (χ1v) is 6.94. The third kappa shape index (κ3) is 1.81. The van der Waals surface area contributed by atoms with E-state index in [1.54, 1.807) is 0 Å². The summed E-state index contributed by atoms with van der Waals surface area (Å²) in [6, 6.07) is 0.646. The molecule has 2 aliphatic rings. The highest BCUT2D eigenvalue weighted by atomic mass is 15.1. The Labute approximate surface area is 103 Å². The molecule has 3 rings (SSSR count). The second kappa shape index (κ2) is 4.13. The topological polar surface area (TPSA) is 43.8 Å². The van der Waals surface area contributed by atoms with E-state index in [2.05, 4.69) is 16.5 Å². The number of hydrogen-bond donors (Lipinski definition) is 1. The highest BCUT2D eigenvalue weighted by molar-refractivity contribution is 5.06. The zero-order chi connectivity index (χ0) is 12.0. The molecule has 0 amide bonds. The summed E-state index contributed by atoms with van der Waals surface area (Å²) >= 11 is 0. The van der Waals surface area contributed by atoms with E-state index in [1.807, 2.05) is 19.4 Å². The first-order valence-electron chi connectivity index (χ1n) is 6.94. The van der Waals surface area contributed by atoms with E-state index >= 15 is 0 Å². The van der Waals surface area contributed by atoms with Crippen molar-refractivity contribution in [2.24, 2.45) is 23.5 Å². The molecule has 1 heterocycles. The molecule has 5 atom stereocenters. The van der Waals surface area contributed by atoms with Crippen molar-refractivity contribution in [2.75, 3.05) is 0 Å². The molecule has 2 aliphatic carbocycles. The lowest BCUT2D eigenvalue weighted by molar-refractivity contribution is 0.238. The Balaban J connectivity index is 1.82.